The Labute approximate surface area is 102 Å². The van der Waals surface area contributed by atoms with Gasteiger partial charge in [-0.15, -0.1) is 0 Å². The first-order chi connectivity index (χ1) is 8.09. The Hall–Kier alpha value is -1.26. The van der Waals surface area contributed by atoms with Gasteiger partial charge in [0.1, 0.15) is 0 Å². The third kappa shape index (κ3) is 6.81. The first kappa shape index (κ1) is 13.8. The Kier molecular flexibility index (Phi) is 5.80. The van der Waals surface area contributed by atoms with Crippen LogP contribution in [0.3, 0.4) is 0 Å². The molecule has 1 unspecified atom stereocenters. The minimum atomic E-state index is -0.779. The van der Waals surface area contributed by atoms with Gasteiger partial charge in [-0.1, -0.05) is 19.8 Å². The summed E-state index contributed by atoms with van der Waals surface area (Å²) >= 11 is 0. The molecule has 0 spiro atoms. The molecule has 1 aliphatic carbocycles. The summed E-state index contributed by atoms with van der Waals surface area (Å²) in [5.74, 6) is -0.291. The van der Waals surface area contributed by atoms with Gasteiger partial charge in [-0.2, -0.15) is 0 Å². The summed E-state index contributed by atoms with van der Waals surface area (Å²) < 4.78 is 0. The lowest BCUT2D eigenvalue weighted by atomic mass is 10.1. The summed E-state index contributed by atoms with van der Waals surface area (Å²) in [6.07, 6.45) is 4.97. The van der Waals surface area contributed by atoms with Gasteiger partial charge in [0.25, 0.3) is 0 Å². The summed E-state index contributed by atoms with van der Waals surface area (Å²) in [5, 5.41) is 14.2. The van der Waals surface area contributed by atoms with Crippen molar-refractivity contribution in [2.45, 2.75) is 39.0 Å². The maximum Gasteiger partial charge on any atom is 0.314 e. The third-order valence-corrected chi connectivity index (χ3v) is 3.06. The number of carbonyl (C=O) groups is 2. The first-order valence-corrected chi connectivity index (χ1v) is 6.34. The Morgan fingerprint density at radius 2 is 1.94 bits per heavy atom. The number of hydrogen-bond donors (Lipinski definition) is 3. The lowest BCUT2D eigenvalue weighted by molar-refractivity contribution is -0.141. The molecular weight excluding hydrogens is 220 g/mol. The van der Waals surface area contributed by atoms with Crippen LogP contribution in [-0.2, 0) is 4.79 Å². The average molecular weight is 242 g/mol. The topological polar surface area (TPSA) is 78.4 Å². The summed E-state index contributed by atoms with van der Waals surface area (Å²) in [4.78, 5) is 21.8. The predicted octanol–water partition coefficient (Wildman–Crippen LogP) is 1.59. The maximum atomic E-state index is 11.3. The van der Waals surface area contributed by atoms with Crippen LogP contribution in [0, 0.1) is 11.8 Å². The maximum absolute atomic E-state index is 11.3. The van der Waals surface area contributed by atoms with E-state index in [1.54, 1.807) is 6.92 Å². The molecular formula is C12H22N2O3. The molecule has 1 atom stereocenters. The van der Waals surface area contributed by atoms with E-state index in [4.69, 9.17) is 5.11 Å². The fourth-order valence-electron chi connectivity index (χ4n) is 1.59. The highest BCUT2D eigenvalue weighted by atomic mass is 16.4. The van der Waals surface area contributed by atoms with E-state index in [0.29, 0.717) is 19.4 Å². The molecule has 0 heterocycles. The van der Waals surface area contributed by atoms with Crippen molar-refractivity contribution in [3.05, 3.63) is 0 Å². The number of carbonyl (C=O) groups excluding carboxylic acids is 1. The van der Waals surface area contributed by atoms with Crippen LogP contribution in [0.5, 0.6) is 0 Å². The quantitative estimate of drug-likeness (QED) is 0.565. The average Bonchev–Trinajstić information content (AvgIpc) is 3.08. The normalized spacial score (nSPS) is 16.3. The smallest absolute Gasteiger partial charge is 0.314 e. The van der Waals surface area contributed by atoms with E-state index in [1.807, 2.05) is 0 Å². The van der Waals surface area contributed by atoms with Gasteiger partial charge in [0.15, 0.2) is 0 Å². The lowest BCUT2D eigenvalue weighted by Crippen LogP contribution is -2.36. The van der Waals surface area contributed by atoms with Crippen molar-refractivity contribution in [2.75, 3.05) is 13.1 Å². The van der Waals surface area contributed by atoms with Gasteiger partial charge >= 0.3 is 12.0 Å². The highest BCUT2D eigenvalue weighted by molar-refractivity contribution is 5.73. The minimum Gasteiger partial charge on any atom is -0.481 e. The van der Waals surface area contributed by atoms with Crippen molar-refractivity contribution in [3.63, 3.8) is 0 Å². The van der Waals surface area contributed by atoms with E-state index in [-0.39, 0.29) is 11.9 Å². The highest BCUT2D eigenvalue weighted by Crippen LogP contribution is 2.31. The second-order valence-corrected chi connectivity index (χ2v) is 4.80. The van der Waals surface area contributed by atoms with Gasteiger partial charge < -0.3 is 15.7 Å². The Balaban J connectivity index is 1.90. The number of carboxylic acid groups (broad SMARTS) is 1. The van der Waals surface area contributed by atoms with E-state index < -0.39 is 5.97 Å². The summed E-state index contributed by atoms with van der Waals surface area (Å²) in [6, 6.07) is -0.145. The number of nitrogens with one attached hydrogen (secondary N) is 2. The third-order valence-electron chi connectivity index (χ3n) is 3.06. The molecule has 0 aliphatic heterocycles. The van der Waals surface area contributed by atoms with Crippen LogP contribution in [-0.4, -0.2) is 30.2 Å². The van der Waals surface area contributed by atoms with Gasteiger partial charge in [0.05, 0.1) is 5.92 Å². The van der Waals surface area contributed by atoms with Crippen molar-refractivity contribution < 1.29 is 14.7 Å². The number of urea groups is 1. The molecule has 5 nitrogen and oxygen atoms in total. The van der Waals surface area contributed by atoms with Gasteiger partial charge in [0.2, 0.25) is 0 Å². The monoisotopic (exact) mass is 242 g/mol. The van der Waals surface area contributed by atoms with Gasteiger partial charge in [-0.3, -0.25) is 4.79 Å². The molecule has 5 heteroatoms. The van der Waals surface area contributed by atoms with Crippen LogP contribution in [0.4, 0.5) is 4.79 Å². The molecule has 1 rings (SSSR count). The van der Waals surface area contributed by atoms with E-state index in [2.05, 4.69) is 10.6 Å². The molecule has 1 saturated carbocycles. The van der Waals surface area contributed by atoms with Gasteiger partial charge in [0, 0.05) is 13.1 Å². The molecule has 0 aromatic rings. The van der Waals surface area contributed by atoms with Crippen LogP contribution < -0.4 is 10.6 Å². The molecule has 0 aromatic heterocycles. The summed E-state index contributed by atoms with van der Waals surface area (Å²) in [6.45, 7) is 2.95. The molecule has 0 radical (unpaired) electrons. The Bertz CT molecular complexity index is 264. The molecule has 2 amide bonds. The number of hydrogen-bond acceptors (Lipinski definition) is 2. The molecule has 17 heavy (non-hydrogen) atoms. The van der Waals surface area contributed by atoms with E-state index in [9.17, 15) is 9.59 Å². The summed E-state index contributed by atoms with van der Waals surface area (Å²) in [5.41, 5.74) is 0. The number of rotatable bonds is 8. The van der Waals surface area contributed by atoms with Crippen molar-refractivity contribution in [2.24, 2.45) is 11.8 Å². The van der Waals surface area contributed by atoms with Gasteiger partial charge in [-0.25, -0.2) is 4.79 Å². The Morgan fingerprint density at radius 3 is 2.53 bits per heavy atom. The van der Waals surface area contributed by atoms with Crippen molar-refractivity contribution in [3.8, 4) is 0 Å². The molecule has 0 aromatic carbocycles. The SMILES string of the molecule is CC(CCCNC(=O)NCCC1CC1)C(=O)O. The van der Waals surface area contributed by atoms with Crippen LogP contribution >= 0.6 is 0 Å². The molecule has 1 fully saturated rings. The number of amides is 2. The highest BCUT2D eigenvalue weighted by Gasteiger charge is 2.20. The van der Waals surface area contributed by atoms with Crippen molar-refractivity contribution in [1.82, 2.24) is 10.6 Å². The van der Waals surface area contributed by atoms with Crippen molar-refractivity contribution >= 4 is 12.0 Å². The van der Waals surface area contributed by atoms with Crippen LogP contribution in [0.1, 0.15) is 39.0 Å². The van der Waals surface area contributed by atoms with E-state index >= 15 is 0 Å². The minimum absolute atomic E-state index is 0.145. The number of aliphatic carboxylic acids is 1. The molecule has 98 valence electrons. The first-order valence-electron chi connectivity index (χ1n) is 6.34. The Morgan fingerprint density at radius 1 is 1.29 bits per heavy atom. The fourth-order valence-corrected chi connectivity index (χ4v) is 1.59. The second kappa shape index (κ2) is 7.14. The molecule has 0 bridgehead atoms. The lowest BCUT2D eigenvalue weighted by Gasteiger charge is -2.08. The fraction of sp³-hybridized carbons (Fsp3) is 0.833. The van der Waals surface area contributed by atoms with E-state index in [0.717, 1.165) is 18.9 Å². The number of carboxylic acids is 1. The predicted molar refractivity (Wildman–Crippen MR) is 64.8 cm³/mol. The zero-order valence-corrected chi connectivity index (χ0v) is 10.4. The zero-order chi connectivity index (χ0) is 12.7. The van der Waals surface area contributed by atoms with Crippen molar-refractivity contribution in [1.29, 1.82) is 0 Å². The standard InChI is InChI=1S/C12H22N2O3/c1-9(11(15)16)3-2-7-13-12(17)14-8-6-10-4-5-10/h9-10H,2-8H2,1H3,(H,15,16)(H2,13,14,17). The van der Waals surface area contributed by atoms with Crippen LogP contribution in [0.25, 0.3) is 0 Å². The zero-order valence-electron chi connectivity index (χ0n) is 10.4. The largest absolute Gasteiger partial charge is 0.481 e. The molecule has 1 aliphatic rings. The van der Waals surface area contributed by atoms with Crippen LogP contribution in [0.15, 0.2) is 0 Å². The second-order valence-electron chi connectivity index (χ2n) is 4.80. The molecule has 3 N–H and O–H groups in total. The van der Waals surface area contributed by atoms with E-state index in [1.165, 1.54) is 12.8 Å². The summed E-state index contributed by atoms with van der Waals surface area (Å²) in [7, 11) is 0. The molecule has 0 saturated heterocycles. The van der Waals surface area contributed by atoms with Gasteiger partial charge in [-0.05, 0) is 25.2 Å². The van der Waals surface area contributed by atoms with Crippen LogP contribution in [0.2, 0.25) is 0 Å².